The highest BCUT2D eigenvalue weighted by Gasteiger charge is 2.35. The largest absolute Gasteiger partial charge is 0.343 e. The summed E-state index contributed by atoms with van der Waals surface area (Å²) < 4.78 is 0. The average Bonchev–Trinajstić information content (AvgIpc) is 2.30. The SMILES string of the molecule is CCN(CC)C(=O)C1CCC(C(C)C)CC1S. The second kappa shape index (κ2) is 6.67. The van der Waals surface area contributed by atoms with Crippen LogP contribution in [0.2, 0.25) is 0 Å². The fourth-order valence-electron chi connectivity index (χ4n) is 2.84. The predicted molar refractivity (Wildman–Crippen MR) is 76.4 cm³/mol. The summed E-state index contributed by atoms with van der Waals surface area (Å²) in [6.07, 6.45) is 3.30. The minimum absolute atomic E-state index is 0.147. The lowest BCUT2D eigenvalue weighted by Gasteiger charge is -2.36. The van der Waals surface area contributed by atoms with Crippen LogP contribution < -0.4 is 0 Å². The molecule has 0 aromatic rings. The number of hydrogen-bond donors (Lipinski definition) is 1. The van der Waals surface area contributed by atoms with Crippen molar-refractivity contribution in [1.82, 2.24) is 4.90 Å². The summed E-state index contributed by atoms with van der Waals surface area (Å²) in [7, 11) is 0. The summed E-state index contributed by atoms with van der Waals surface area (Å²) >= 11 is 4.67. The van der Waals surface area contributed by atoms with Crippen molar-refractivity contribution < 1.29 is 4.79 Å². The van der Waals surface area contributed by atoms with Crippen LogP contribution in [0, 0.1) is 17.8 Å². The monoisotopic (exact) mass is 257 g/mol. The number of nitrogens with zero attached hydrogens (tertiary/aromatic N) is 1. The second-order valence-corrected chi connectivity index (χ2v) is 6.16. The topological polar surface area (TPSA) is 20.3 Å². The van der Waals surface area contributed by atoms with Gasteiger partial charge in [0.05, 0.1) is 0 Å². The van der Waals surface area contributed by atoms with E-state index in [0.717, 1.165) is 31.8 Å². The van der Waals surface area contributed by atoms with Gasteiger partial charge in [-0.2, -0.15) is 12.6 Å². The van der Waals surface area contributed by atoms with E-state index in [1.165, 1.54) is 6.42 Å². The van der Waals surface area contributed by atoms with Gasteiger partial charge in [0.15, 0.2) is 0 Å². The van der Waals surface area contributed by atoms with Gasteiger partial charge in [0.2, 0.25) is 5.91 Å². The highest BCUT2D eigenvalue weighted by atomic mass is 32.1. The van der Waals surface area contributed by atoms with Crippen molar-refractivity contribution >= 4 is 18.5 Å². The molecule has 1 fully saturated rings. The van der Waals surface area contributed by atoms with E-state index >= 15 is 0 Å². The molecule has 1 rings (SSSR count). The van der Waals surface area contributed by atoms with Crippen molar-refractivity contribution in [3.05, 3.63) is 0 Å². The minimum Gasteiger partial charge on any atom is -0.343 e. The predicted octanol–water partition coefficient (Wildman–Crippen LogP) is 3.23. The Bertz CT molecular complexity index is 251. The Morgan fingerprint density at radius 2 is 1.88 bits per heavy atom. The van der Waals surface area contributed by atoms with E-state index in [2.05, 4.69) is 40.3 Å². The van der Waals surface area contributed by atoms with Gasteiger partial charge >= 0.3 is 0 Å². The Kier molecular flexibility index (Phi) is 5.84. The summed E-state index contributed by atoms with van der Waals surface area (Å²) in [5.41, 5.74) is 0. The van der Waals surface area contributed by atoms with Gasteiger partial charge in [-0.25, -0.2) is 0 Å². The molecule has 3 unspecified atom stereocenters. The van der Waals surface area contributed by atoms with Gasteiger partial charge in [0, 0.05) is 24.3 Å². The van der Waals surface area contributed by atoms with Gasteiger partial charge in [0.25, 0.3) is 0 Å². The molecular weight excluding hydrogens is 230 g/mol. The lowest BCUT2D eigenvalue weighted by atomic mass is 9.76. The zero-order valence-corrected chi connectivity index (χ0v) is 12.5. The van der Waals surface area contributed by atoms with Crippen molar-refractivity contribution in [2.24, 2.45) is 17.8 Å². The first-order chi connectivity index (χ1) is 8.01. The molecule has 17 heavy (non-hydrogen) atoms. The highest BCUT2D eigenvalue weighted by Crippen LogP contribution is 2.37. The number of carbonyl (C=O) groups excluding carboxylic acids is 1. The van der Waals surface area contributed by atoms with E-state index in [1.54, 1.807) is 0 Å². The molecule has 1 aliphatic carbocycles. The van der Waals surface area contributed by atoms with Crippen molar-refractivity contribution in [2.75, 3.05) is 13.1 Å². The van der Waals surface area contributed by atoms with Gasteiger partial charge in [-0.3, -0.25) is 4.79 Å². The molecule has 3 atom stereocenters. The first kappa shape index (κ1) is 14.9. The Balaban J connectivity index is 2.60. The van der Waals surface area contributed by atoms with Gasteiger partial charge in [-0.1, -0.05) is 13.8 Å². The third-order valence-corrected chi connectivity index (χ3v) is 4.76. The van der Waals surface area contributed by atoms with E-state index in [9.17, 15) is 4.79 Å². The maximum atomic E-state index is 12.3. The van der Waals surface area contributed by atoms with Crippen LogP contribution >= 0.6 is 12.6 Å². The Morgan fingerprint density at radius 3 is 2.29 bits per heavy atom. The number of thiol groups is 1. The summed E-state index contributed by atoms with van der Waals surface area (Å²) in [5, 5.41) is 0.254. The first-order valence-corrected chi connectivity index (χ1v) is 7.49. The molecular formula is C14H27NOS. The van der Waals surface area contributed by atoms with Crippen LogP contribution in [0.3, 0.4) is 0 Å². The van der Waals surface area contributed by atoms with Crippen LogP contribution in [0.5, 0.6) is 0 Å². The van der Waals surface area contributed by atoms with Gasteiger partial charge < -0.3 is 4.90 Å². The maximum absolute atomic E-state index is 12.3. The minimum atomic E-state index is 0.147. The standard InChI is InChI=1S/C14H27NOS/c1-5-15(6-2)14(16)12-8-7-11(10(3)4)9-13(12)17/h10-13,17H,5-9H2,1-4H3. The molecule has 0 spiro atoms. The Labute approximate surface area is 112 Å². The van der Waals surface area contributed by atoms with Gasteiger partial charge in [-0.05, 0) is 44.9 Å². The molecule has 1 amide bonds. The molecule has 0 bridgehead atoms. The van der Waals surface area contributed by atoms with Crippen molar-refractivity contribution in [3.63, 3.8) is 0 Å². The van der Waals surface area contributed by atoms with E-state index in [4.69, 9.17) is 0 Å². The molecule has 1 saturated carbocycles. The van der Waals surface area contributed by atoms with E-state index < -0.39 is 0 Å². The third kappa shape index (κ3) is 3.64. The molecule has 3 heteroatoms. The zero-order chi connectivity index (χ0) is 13.0. The number of hydrogen-bond acceptors (Lipinski definition) is 2. The summed E-state index contributed by atoms with van der Waals surface area (Å²) in [5.74, 6) is 1.93. The van der Waals surface area contributed by atoms with Crippen LogP contribution in [0.1, 0.15) is 47.0 Å². The number of carbonyl (C=O) groups is 1. The van der Waals surface area contributed by atoms with Gasteiger partial charge in [-0.15, -0.1) is 0 Å². The molecule has 1 aliphatic rings. The third-order valence-electron chi connectivity index (χ3n) is 4.19. The average molecular weight is 257 g/mol. The fraction of sp³-hybridized carbons (Fsp3) is 0.929. The smallest absolute Gasteiger partial charge is 0.226 e. The molecule has 2 nitrogen and oxygen atoms in total. The Hall–Kier alpha value is -0.180. The van der Waals surface area contributed by atoms with E-state index in [-0.39, 0.29) is 11.2 Å². The molecule has 0 saturated heterocycles. The lowest BCUT2D eigenvalue weighted by molar-refractivity contribution is -0.136. The van der Waals surface area contributed by atoms with E-state index in [1.807, 2.05) is 4.90 Å². The van der Waals surface area contributed by atoms with Crippen molar-refractivity contribution in [3.8, 4) is 0 Å². The number of rotatable bonds is 4. The molecule has 0 aromatic heterocycles. The molecule has 0 heterocycles. The van der Waals surface area contributed by atoms with Crippen LogP contribution in [-0.4, -0.2) is 29.1 Å². The summed E-state index contributed by atoms with van der Waals surface area (Å²) in [6, 6.07) is 0. The quantitative estimate of drug-likeness (QED) is 0.767. The zero-order valence-electron chi connectivity index (χ0n) is 11.6. The number of amides is 1. The molecule has 100 valence electrons. The van der Waals surface area contributed by atoms with Crippen molar-refractivity contribution in [1.29, 1.82) is 0 Å². The van der Waals surface area contributed by atoms with Crippen LogP contribution in [-0.2, 0) is 4.79 Å². The fourth-order valence-corrected chi connectivity index (χ4v) is 3.39. The Morgan fingerprint density at radius 1 is 1.29 bits per heavy atom. The molecule has 0 aliphatic heterocycles. The van der Waals surface area contributed by atoms with E-state index in [0.29, 0.717) is 11.8 Å². The second-order valence-electron chi connectivity index (χ2n) is 5.50. The maximum Gasteiger partial charge on any atom is 0.226 e. The van der Waals surface area contributed by atoms with Crippen LogP contribution in [0.15, 0.2) is 0 Å². The normalized spacial score (nSPS) is 29.4. The first-order valence-electron chi connectivity index (χ1n) is 6.98. The van der Waals surface area contributed by atoms with Crippen molar-refractivity contribution in [2.45, 2.75) is 52.2 Å². The van der Waals surface area contributed by atoms with Gasteiger partial charge in [0.1, 0.15) is 0 Å². The van der Waals surface area contributed by atoms with Crippen LogP contribution in [0.25, 0.3) is 0 Å². The molecule has 0 radical (unpaired) electrons. The molecule has 0 N–H and O–H groups in total. The van der Waals surface area contributed by atoms with Crippen LogP contribution in [0.4, 0.5) is 0 Å². The lowest BCUT2D eigenvalue weighted by Crippen LogP contribution is -2.42. The highest BCUT2D eigenvalue weighted by molar-refractivity contribution is 7.81. The summed E-state index contributed by atoms with van der Waals surface area (Å²) in [4.78, 5) is 14.3. The molecule has 0 aromatic carbocycles. The summed E-state index contributed by atoms with van der Waals surface area (Å²) in [6.45, 7) is 10.3.